The van der Waals surface area contributed by atoms with Crippen LogP contribution in [-0.4, -0.2) is 0 Å². The Hall–Kier alpha value is -8.18. The van der Waals surface area contributed by atoms with Crippen LogP contribution in [0.3, 0.4) is 0 Å². The molecule has 64 heavy (non-hydrogen) atoms. The fourth-order valence-electron chi connectivity index (χ4n) is 9.72. The van der Waals surface area contributed by atoms with Crippen molar-refractivity contribution in [3.8, 4) is 44.5 Å². The van der Waals surface area contributed by atoms with Crippen LogP contribution in [0.25, 0.3) is 109 Å². The molecule has 0 aliphatic heterocycles. The number of hydrogen-bond donors (Lipinski definition) is 0. The van der Waals surface area contributed by atoms with Crippen LogP contribution in [0.5, 0.6) is 0 Å². The lowest BCUT2D eigenvalue weighted by atomic mass is 9.94. The molecule has 3 heterocycles. The second-order valence-corrected chi connectivity index (χ2v) is 17.4. The minimum absolute atomic E-state index is 0.845. The molecule has 13 aromatic rings. The lowest BCUT2D eigenvalue weighted by molar-refractivity contribution is 0.664. The van der Waals surface area contributed by atoms with Crippen LogP contribution in [0, 0.1) is 0 Å². The van der Waals surface area contributed by atoms with Gasteiger partial charge in [-0.25, -0.2) is 0 Å². The zero-order chi connectivity index (χ0) is 42.1. The minimum atomic E-state index is 0.845. The number of fused-ring (bicyclic) bond motifs is 9. The van der Waals surface area contributed by atoms with Gasteiger partial charge in [0, 0.05) is 64.3 Å². The van der Waals surface area contributed by atoms with Crippen LogP contribution >= 0.6 is 11.3 Å². The van der Waals surface area contributed by atoms with Gasteiger partial charge < -0.3 is 13.7 Å². The maximum atomic E-state index is 6.88. The van der Waals surface area contributed by atoms with Crippen molar-refractivity contribution in [2.45, 2.75) is 0 Å². The Balaban J connectivity index is 0.933. The summed E-state index contributed by atoms with van der Waals surface area (Å²) in [4.78, 5) is 2.35. The van der Waals surface area contributed by atoms with Gasteiger partial charge in [-0.05, 0) is 99.6 Å². The molecule has 0 aliphatic rings. The predicted octanol–water partition coefficient (Wildman–Crippen LogP) is 18.0. The summed E-state index contributed by atoms with van der Waals surface area (Å²) >= 11 is 1.87. The number of rotatable bonds is 7. The lowest BCUT2D eigenvalue weighted by Gasteiger charge is -2.26. The number of furan rings is 2. The zero-order valence-corrected chi connectivity index (χ0v) is 35.4. The zero-order valence-electron chi connectivity index (χ0n) is 34.5. The van der Waals surface area contributed by atoms with Gasteiger partial charge >= 0.3 is 0 Å². The van der Waals surface area contributed by atoms with Gasteiger partial charge in [0.1, 0.15) is 22.3 Å². The van der Waals surface area contributed by atoms with Gasteiger partial charge in [-0.3, -0.25) is 0 Å². The number of anilines is 3. The maximum Gasteiger partial charge on any atom is 0.144 e. The van der Waals surface area contributed by atoms with Gasteiger partial charge in [-0.15, -0.1) is 11.3 Å². The summed E-state index contributed by atoms with van der Waals surface area (Å²) in [6, 6.07) is 80.2. The summed E-state index contributed by atoms with van der Waals surface area (Å²) in [5.74, 6) is 0. The molecule has 0 fully saturated rings. The van der Waals surface area contributed by atoms with Gasteiger partial charge in [0.25, 0.3) is 0 Å². The molecule has 0 radical (unpaired) electrons. The molecule has 3 aromatic heterocycles. The molecule has 13 rings (SSSR count). The standard InChI is InChI=1S/C60H37NO2S/c1-3-13-38(14-4-1)39-25-31-43(32-26-39)61(45-35-29-41(30-36-45)47-20-11-21-49-48-17-8-10-24-55(48)64-60(47)49)44-33-27-40(28-34-44)46-19-12-23-53-57(46)51-37-54-58(50-18-7-9-22-52(50)62-54)56(59(51)63-53)42-15-5-2-6-16-42/h1-37H. The highest BCUT2D eigenvalue weighted by atomic mass is 32.1. The Bertz CT molecular complexity index is 3860. The van der Waals surface area contributed by atoms with E-state index in [1.165, 1.54) is 42.4 Å². The second-order valence-electron chi connectivity index (χ2n) is 16.4. The summed E-state index contributed by atoms with van der Waals surface area (Å²) < 4.78 is 16.1. The van der Waals surface area contributed by atoms with E-state index in [9.17, 15) is 0 Å². The highest BCUT2D eigenvalue weighted by molar-refractivity contribution is 7.26. The summed E-state index contributed by atoms with van der Waals surface area (Å²) in [7, 11) is 0. The first-order valence-electron chi connectivity index (χ1n) is 21.7. The summed E-state index contributed by atoms with van der Waals surface area (Å²) in [5.41, 5.74) is 15.8. The van der Waals surface area contributed by atoms with Crippen molar-refractivity contribution in [2.75, 3.05) is 4.90 Å². The van der Waals surface area contributed by atoms with Gasteiger partial charge in [0.05, 0.1) is 0 Å². The van der Waals surface area contributed by atoms with E-state index in [1.807, 2.05) is 23.5 Å². The number of para-hydroxylation sites is 1. The minimum Gasteiger partial charge on any atom is -0.456 e. The molecule has 4 heteroatoms. The number of hydrogen-bond acceptors (Lipinski definition) is 4. The van der Waals surface area contributed by atoms with E-state index >= 15 is 0 Å². The number of benzene rings is 10. The molecule has 0 unspecified atom stereocenters. The molecular weight excluding hydrogens is 799 g/mol. The third-order valence-corrected chi connectivity index (χ3v) is 13.9. The number of thiophene rings is 1. The fraction of sp³-hybridized carbons (Fsp3) is 0. The fourth-order valence-corrected chi connectivity index (χ4v) is 11.0. The Kier molecular flexibility index (Phi) is 8.40. The van der Waals surface area contributed by atoms with Crippen LogP contribution in [0.1, 0.15) is 0 Å². The van der Waals surface area contributed by atoms with E-state index < -0.39 is 0 Å². The van der Waals surface area contributed by atoms with E-state index in [1.54, 1.807) is 0 Å². The molecule has 0 atom stereocenters. The Morgan fingerprint density at radius 2 is 0.859 bits per heavy atom. The van der Waals surface area contributed by atoms with Gasteiger partial charge in [0.15, 0.2) is 0 Å². The first-order valence-corrected chi connectivity index (χ1v) is 22.5. The molecule has 3 nitrogen and oxygen atoms in total. The highest BCUT2D eigenvalue weighted by Gasteiger charge is 2.23. The molecule has 10 aromatic carbocycles. The first-order chi connectivity index (χ1) is 31.7. The lowest BCUT2D eigenvalue weighted by Crippen LogP contribution is -2.09. The highest BCUT2D eigenvalue weighted by Crippen LogP contribution is 2.48. The predicted molar refractivity (Wildman–Crippen MR) is 270 cm³/mol. The van der Waals surface area contributed by atoms with Gasteiger partial charge in [0.2, 0.25) is 0 Å². The van der Waals surface area contributed by atoms with E-state index in [0.717, 1.165) is 83.2 Å². The molecule has 0 bridgehead atoms. The molecule has 0 saturated heterocycles. The summed E-state index contributed by atoms with van der Waals surface area (Å²) in [5, 5.41) is 6.88. The molecule has 0 N–H and O–H groups in total. The Morgan fingerprint density at radius 3 is 1.58 bits per heavy atom. The SMILES string of the molecule is c1ccc(-c2ccc(N(c3ccc(-c4cccc5c4sc4ccccc45)cc3)c3ccc(-c4cccc5oc6c(-c7ccccc7)c7c(cc6c45)oc4ccccc47)cc3)cc2)cc1. The third kappa shape index (κ3) is 5.88. The van der Waals surface area contributed by atoms with Crippen LogP contribution in [0.15, 0.2) is 233 Å². The van der Waals surface area contributed by atoms with Crippen LogP contribution < -0.4 is 4.90 Å². The maximum absolute atomic E-state index is 6.88. The number of nitrogens with zero attached hydrogens (tertiary/aromatic N) is 1. The molecule has 0 aliphatic carbocycles. The normalized spacial score (nSPS) is 11.8. The van der Waals surface area contributed by atoms with E-state index in [2.05, 4.69) is 217 Å². The molecular formula is C60H37NO2S. The van der Waals surface area contributed by atoms with Gasteiger partial charge in [-0.1, -0.05) is 164 Å². The van der Waals surface area contributed by atoms with Crippen molar-refractivity contribution in [3.05, 3.63) is 224 Å². The average molecular weight is 836 g/mol. The molecule has 300 valence electrons. The van der Waals surface area contributed by atoms with Crippen molar-refractivity contribution in [1.29, 1.82) is 0 Å². The van der Waals surface area contributed by atoms with Crippen molar-refractivity contribution >= 4 is 92.4 Å². The Labute approximate surface area is 373 Å². The van der Waals surface area contributed by atoms with E-state index in [-0.39, 0.29) is 0 Å². The second kappa shape index (κ2) is 14.7. The first kappa shape index (κ1) is 36.5. The molecule has 0 saturated carbocycles. The van der Waals surface area contributed by atoms with Gasteiger partial charge in [-0.2, -0.15) is 0 Å². The average Bonchev–Trinajstić information content (AvgIpc) is 4.06. The smallest absolute Gasteiger partial charge is 0.144 e. The van der Waals surface area contributed by atoms with Crippen LogP contribution in [-0.2, 0) is 0 Å². The molecule has 0 spiro atoms. The summed E-state index contributed by atoms with van der Waals surface area (Å²) in [6.45, 7) is 0. The largest absolute Gasteiger partial charge is 0.456 e. The van der Waals surface area contributed by atoms with E-state index in [4.69, 9.17) is 8.83 Å². The van der Waals surface area contributed by atoms with Crippen molar-refractivity contribution < 1.29 is 8.83 Å². The Morgan fingerprint density at radius 1 is 0.328 bits per heavy atom. The van der Waals surface area contributed by atoms with Crippen molar-refractivity contribution in [3.63, 3.8) is 0 Å². The quantitative estimate of drug-likeness (QED) is 0.160. The topological polar surface area (TPSA) is 29.5 Å². The van der Waals surface area contributed by atoms with Crippen molar-refractivity contribution in [2.24, 2.45) is 0 Å². The van der Waals surface area contributed by atoms with Crippen LogP contribution in [0.4, 0.5) is 17.1 Å². The molecule has 0 amide bonds. The third-order valence-electron chi connectivity index (χ3n) is 12.7. The van der Waals surface area contributed by atoms with Crippen molar-refractivity contribution in [1.82, 2.24) is 0 Å². The van der Waals surface area contributed by atoms with E-state index in [0.29, 0.717) is 0 Å². The monoisotopic (exact) mass is 835 g/mol. The summed E-state index contributed by atoms with van der Waals surface area (Å²) in [6.07, 6.45) is 0. The van der Waals surface area contributed by atoms with Crippen LogP contribution in [0.2, 0.25) is 0 Å².